The number of ether oxygens (including phenoxy) is 1. The molecule has 1 aromatic heterocycles. The first-order valence-electron chi connectivity index (χ1n) is 11.1. The summed E-state index contributed by atoms with van der Waals surface area (Å²) in [5.74, 6) is -0.732. The van der Waals surface area contributed by atoms with Crippen molar-refractivity contribution in [2.24, 2.45) is 0 Å². The highest BCUT2D eigenvalue weighted by Gasteiger charge is 2.46. The van der Waals surface area contributed by atoms with Gasteiger partial charge < -0.3 is 19.6 Å². The number of ketones is 1. The van der Waals surface area contributed by atoms with Gasteiger partial charge in [-0.2, -0.15) is 0 Å². The highest BCUT2D eigenvalue weighted by Crippen LogP contribution is 2.41. The van der Waals surface area contributed by atoms with E-state index in [2.05, 4.69) is 4.98 Å². The number of aromatic nitrogens is 1. The van der Waals surface area contributed by atoms with Crippen molar-refractivity contribution in [3.8, 4) is 5.75 Å². The lowest BCUT2D eigenvalue weighted by Gasteiger charge is -2.26. The van der Waals surface area contributed by atoms with Crippen LogP contribution in [0.5, 0.6) is 5.75 Å². The fourth-order valence-corrected chi connectivity index (χ4v) is 4.52. The van der Waals surface area contributed by atoms with Gasteiger partial charge in [0.25, 0.3) is 11.7 Å². The number of pyridine rings is 1. The number of aliphatic hydroxyl groups excluding tert-OH is 1. The minimum absolute atomic E-state index is 0.0883. The van der Waals surface area contributed by atoms with Gasteiger partial charge in [0, 0.05) is 50.7 Å². The van der Waals surface area contributed by atoms with Gasteiger partial charge in [-0.1, -0.05) is 18.2 Å². The van der Waals surface area contributed by atoms with Crippen molar-refractivity contribution in [2.45, 2.75) is 19.0 Å². The first-order valence-corrected chi connectivity index (χ1v) is 11.1. The second-order valence-electron chi connectivity index (χ2n) is 8.70. The number of carbonyl (C=O) groups is 2. The van der Waals surface area contributed by atoms with Gasteiger partial charge in [0.2, 0.25) is 0 Å². The summed E-state index contributed by atoms with van der Waals surface area (Å²) < 4.78 is 5.56. The summed E-state index contributed by atoms with van der Waals surface area (Å²) in [6, 6.07) is 15.9. The van der Waals surface area contributed by atoms with E-state index in [0.29, 0.717) is 12.2 Å². The molecule has 3 heterocycles. The number of rotatable bonds is 5. The Morgan fingerprint density at radius 2 is 1.94 bits per heavy atom. The first-order chi connectivity index (χ1) is 16.4. The fourth-order valence-electron chi connectivity index (χ4n) is 4.52. The highest BCUT2D eigenvalue weighted by atomic mass is 16.5. The van der Waals surface area contributed by atoms with Crippen LogP contribution in [-0.2, 0) is 22.6 Å². The van der Waals surface area contributed by atoms with Crippen LogP contribution in [0.15, 0.2) is 72.6 Å². The number of Topliss-reactive ketones (excluding diaryl/α,β-unsaturated/α-hetero) is 1. The highest BCUT2D eigenvalue weighted by molar-refractivity contribution is 6.46. The lowest BCUT2D eigenvalue weighted by atomic mass is 9.94. The maximum Gasteiger partial charge on any atom is 0.295 e. The minimum Gasteiger partial charge on any atom is -0.507 e. The molecular formula is C27H25N3O4. The van der Waals surface area contributed by atoms with Gasteiger partial charge in [-0.3, -0.25) is 14.6 Å². The van der Waals surface area contributed by atoms with Crippen molar-refractivity contribution in [3.05, 3.63) is 94.8 Å². The number of nitrogens with zero attached hydrogens (tertiary/aromatic N) is 3. The third-order valence-corrected chi connectivity index (χ3v) is 6.30. The smallest absolute Gasteiger partial charge is 0.295 e. The van der Waals surface area contributed by atoms with Crippen molar-refractivity contribution < 1.29 is 19.4 Å². The number of aliphatic hydroxyl groups is 1. The molecule has 1 unspecified atom stereocenters. The molecule has 7 nitrogen and oxygen atoms in total. The molecular weight excluding hydrogens is 430 g/mol. The monoisotopic (exact) mass is 455 g/mol. The summed E-state index contributed by atoms with van der Waals surface area (Å²) in [6.45, 7) is 0.792. The van der Waals surface area contributed by atoms with E-state index in [9.17, 15) is 14.7 Å². The Labute approximate surface area is 197 Å². The second kappa shape index (κ2) is 8.67. The van der Waals surface area contributed by atoms with E-state index in [-0.39, 0.29) is 17.9 Å². The van der Waals surface area contributed by atoms with E-state index in [0.717, 1.165) is 34.5 Å². The van der Waals surface area contributed by atoms with Crippen molar-refractivity contribution in [1.82, 2.24) is 9.88 Å². The molecule has 1 atom stereocenters. The molecule has 1 fully saturated rings. The molecule has 5 rings (SSSR count). The Morgan fingerprint density at radius 1 is 1.15 bits per heavy atom. The van der Waals surface area contributed by atoms with Gasteiger partial charge in [-0.15, -0.1) is 0 Å². The topological polar surface area (TPSA) is 83.0 Å². The number of anilines is 1. The largest absolute Gasteiger partial charge is 0.507 e. The van der Waals surface area contributed by atoms with Gasteiger partial charge in [-0.05, 0) is 53.1 Å². The van der Waals surface area contributed by atoms with Crippen LogP contribution in [0.25, 0.3) is 5.76 Å². The zero-order chi connectivity index (χ0) is 23.8. The number of hydrogen-bond donors (Lipinski definition) is 1. The maximum atomic E-state index is 13.3. The molecule has 0 bridgehead atoms. The molecule has 1 amide bonds. The molecule has 0 aliphatic carbocycles. The molecule has 2 aromatic carbocycles. The molecule has 0 radical (unpaired) electrons. The second-order valence-corrected chi connectivity index (χ2v) is 8.70. The number of fused-ring (bicyclic) bond motifs is 1. The van der Waals surface area contributed by atoms with Crippen LogP contribution < -0.4 is 9.64 Å². The Bertz CT molecular complexity index is 1280. The Kier molecular flexibility index (Phi) is 5.53. The number of likely N-dealkylation sites (tertiary alicyclic amines) is 1. The van der Waals surface area contributed by atoms with E-state index >= 15 is 0 Å². The molecule has 2 aliphatic heterocycles. The first kappa shape index (κ1) is 21.7. The lowest BCUT2D eigenvalue weighted by Crippen LogP contribution is -2.29. The van der Waals surface area contributed by atoms with E-state index in [4.69, 9.17) is 4.74 Å². The number of hydrogen-bond acceptors (Lipinski definition) is 6. The lowest BCUT2D eigenvalue weighted by molar-refractivity contribution is -0.140. The van der Waals surface area contributed by atoms with Gasteiger partial charge in [-0.25, -0.2) is 0 Å². The summed E-state index contributed by atoms with van der Waals surface area (Å²) in [7, 11) is 3.89. The van der Waals surface area contributed by atoms with Crippen LogP contribution in [0.2, 0.25) is 0 Å². The summed E-state index contributed by atoms with van der Waals surface area (Å²) in [5.41, 5.74) is 4.10. The van der Waals surface area contributed by atoms with Crippen LogP contribution >= 0.6 is 0 Å². The zero-order valence-corrected chi connectivity index (χ0v) is 19.1. The van der Waals surface area contributed by atoms with Crippen LogP contribution in [-0.4, -0.2) is 47.4 Å². The minimum atomic E-state index is -0.721. The predicted molar refractivity (Wildman–Crippen MR) is 128 cm³/mol. The molecule has 1 N–H and O–H groups in total. The average molecular weight is 456 g/mol. The van der Waals surface area contributed by atoms with Crippen molar-refractivity contribution >= 4 is 23.1 Å². The number of benzene rings is 2. The quantitative estimate of drug-likeness (QED) is 0.359. The van der Waals surface area contributed by atoms with E-state index in [1.54, 1.807) is 30.6 Å². The van der Waals surface area contributed by atoms with E-state index in [1.165, 1.54) is 4.90 Å². The van der Waals surface area contributed by atoms with Crippen LogP contribution in [0.4, 0.5) is 5.69 Å². The average Bonchev–Trinajstić information content (AvgIpc) is 3.42. The van der Waals surface area contributed by atoms with E-state index in [1.807, 2.05) is 55.4 Å². The van der Waals surface area contributed by atoms with Crippen LogP contribution in [0.1, 0.15) is 28.3 Å². The normalized spacial score (nSPS) is 18.6. The molecule has 0 saturated carbocycles. The zero-order valence-electron chi connectivity index (χ0n) is 19.1. The molecule has 2 aliphatic rings. The molecule has 34 heavy (non-hydrogen) atoms. The third kappa shape index (κ3) is 3.79. The summed E-state index contributed by atoms with van der Waals surface area (Å²) in [6.07, 6.45) is 4.07. The fraction of sp³-hybridized carbons (Fsp3) is 0.222. The van der Waals surface area contributed by atoms with Gasteiger partial charge in [0.05, 0.1) is 18.2 Å². The van der Waals surface area contributed by atoms with Gasteiger partial charge >= 0.3 is 0 Å². The van der Waals surface area contributed by atoms with Gasteiger partial charge in [0.15, 0.2) is 0 Å². The number of carbonyl (C=O) groups excluding carboxylic acids is 2. The third-order valence-electron chi connectivity index (χ3n) is 6.30. The summed E-state index contributed by atoms with van der Waals surface area (Å²) in [4.78, 5) is 34.1. The van der Waals surface area contributed by atoms with E-state index < -0.39 is 17.7 Å². The Hall–Kier alpha value is -4.13. The van der Waals surface area contributed by atoms with Crippen LogP contribution in [0, 0.1) is 0 Å². The Morgan fingerprint density at radius 3 is 2.65 bits per heavy atom. The summed E-state index contributed by atoms with van der Waals surface area (Å²) in [5, 5.41) is 11.3. The van der Waals surface area contributed by atoms with Crippen molar-refractivity contribution in [3.63, 3.8) is 0 Å². The van der Waals surface area contributed by atoms with Gasteiger partial charge in [0.1, 0.15) is 11.5 Å². The van der Waals surface area contributed by atoms with Crippen molar-refractivity contribution in [2.75, 3.05) is 25.6 Å². The molecule has 3 aromatic rings. The molecule has 7 heteroatoms. The van der Waals surface area contributed by atoms with Crippen molar-refractivity contribution in [1.29, 1.82) is 0 Å². The standard InChI is InChI=1S/C27H25N3O4/c1-29(2)21-8-5-18(6-9-21)24-23(25(31)20-7-10-22-19(14-20)11-13-34-22)26(32)27(33)30(24)16-17-4-3-12-28-15-17/h3-10,12,14-15,24,31H,11,13,16H2,1-2H3/b25-23-. The Balaban J connectivity index is 1.63. The predicted octanol–water partition coefficient (Wildman–Crippen LogP) is 3.70. The number of amides is 1. The SMILES string of the molecule is CN(C)c1ccc(C2/C(=C(/O)c3ccc4c(c3)CCO4)C(=O)C(=O)N2Cc2cccnc2)cc1. The van der Waals surface area contributed by atoms with Crippen LogP contribution in [0.3, 0.4) is 0 Å². The summed E-state index contributed by atoms with van der Waals surface area (Å²) >= 11 is 0. The molecule has 0 spiro atoms. The molecule has 1 saturated heterocycles. The maximum absolute atomic E-state index is 13.3. The molecule has 172 valence electrons.